The van der Waals surface area contributed by atoms with Crippen LogP contribution in [0.1, 0.15) is 31.1 Å². The third kappa shape index (κ3) is 4.99. The topological polar surface area (TPSA) is 76.7 Å². The minimum absolute atomic E-state index is 0.0523. The van der Waals surface area contributed by atoms with E-state index in [-0.39, 0.29) is 17.7 Å². The van der Waals surface area contributed by atoms with Crippen LogP contribution in [-0.4, -0.2) is 25.5 Å². The number of carbonyl (C=O) groups is 2. The minimum atomic E-state index is -0.257. The SMILES string of the molecule is CCOc1cc(C(=O)Nc2ccc(NC(=O)C(C)C)cc2)ccc1OC. The van der Waals surface area contributed by atoms with Crippen LogP contribution in [0.5, 0.6) is 11.5 Å². The molecule has 2 aromatic rings. The van der Waals surface area contributed by atoms with Crippen LogP contribution >= 0.6 is 0 Å². The van der Waals surface area contributed by atoms with Gasteiger partial charge in [0, 0.05) is 22.9 Å². The highest BCUT2D eigenvalue weighted by molar-refractivity contribution is 6.04. The van der Waals surface area contributed by atoms with Gasteiger partial charge in [-0.1, -0.05) is 13.8 Å². The molecule has 138 valence electrons. The highest BCUT2D eigenvalue weighted by atomic mass is 16.5. The van der Waals surface area contributed by atoms with Crippen LogP contribution in [0.25, 0.3) is 0 Å². The van der Waals surface area contributed by atoms with Gasteiger partial charge in [-0.25, -0.2) is 0 Å². The lowest BCUT2D eigenvalue weighted by Gasteiger charge is -2.12. The maximum atomic E-state index is 12.4. The molecule has 0 radical (unpaired) electrons. The van der Waals surface area contributed by atoms with Gasteiger partial charge in [-0.15, -0.1) is 0 Å². The molecule has 0 heterocycles. The van der Waals surface area contributed by atoms with Gasteiger partial charge >= 0.3 is 0 Å². The Hall–Kier alpha value is -3.02. The van der Waals surface area contributed by atoms with Crippen molar-refractivity contribution in [2.75, 3.05) is 24.4 Å². The van der Waals surface area contributed by atoms with Crippen LogP contribution in [0.4, 0.5) is 11.4 Å². The van der Waals surface area contributed by atoms with Crippen LogP contribution in [0.2, 0.25) is 0 Å². The molecule has 0 unspecified atom stereocenters. The molecule has 2 rings (SSSR count). The van der Waals surface area contributed by atoms with Gasteiger partial charge in [-0.2, -0.15) is 0 Å². The smallest absolute Gasteiger partial charge is 0.255 e. The van der Waals surface area contributed by atoms with Crippen molar-refractivity contribution in [2.45, 2.75) is 20.8 Å². The van der Waals surface area contributed by atoms with E-state index in [2.05, 4.69) is 10.6 Å². The van der Waals surface area contributed by atoms with Gasteiger partial charge in [0.2, 0.25) is 5.91 Å². The molecular weight excluding hydrogens is 332 g/mol. The molecule has 0 saturated heterocycles. The van der Waals surface area contributed by atoms with Crippen molar-refractivity contribution >= 4 is 23.2 Å². The Morgan fingerprint density at radius 2 is 1.58 bits per heavy atom. The standard InChI is InChI=1S/C20H24N2O4/c1-5-26-18-12-14(6-11-17(18)25-4)20(24)22-16-9-7-15(8-10-16)21-19(23)13(2)3/h6-13H,5H2,1-4H3,(H,21,23)(H,22,24). The molecule has 2 aromatic carbocycles. The van der Waals surface area contributed by atoms with E-state index in [9.17, 15) is 9.59 Å². The van der Waals surface area contributed by atoms with Crippen molar-refractivity contribution in [1.82, 2.24) is 0 Å². The second-order valence-electron chi connectivity index (χ2n) is 5.97. The number of hydrogen-bond acceptors (Lipinski definition) is 4. The van der Waals surface area contributed by atoms with Crippen LogP contribution in [-0.2, 0) is 4.79 Å². The lowest BCUT2D eigenvalue weighted by atomic mass is 10.1. The lowest BCUT2D eigenvalue weighted by Crippen LogP contribution is -2.17. The molecule has 0 bridgehead atoms. The quantitative estimate of drug-likeness (QED) is 0.788. The van der Waals surface area contributed by atoms with E-state index in [1.807, 2.05) is 20.8 Å². The van der Waals surface area contributed by atoms with E-state index >= 15 is 0 Å². The van der Waals surface area contributed by atoms with Crippen molar-refractivity contribution in [1.29, 1.82) is 0 Å². The summed E-state index contributed by atoms with van der Waals surface area (Å²) in [6, 6.07) is 12.0. The molecule has 2 N–H and O–H groups in total. The van der Waals surface area contributed by atoms with E-state index in [1.54, 1.807) is 49.6 Å². The number of benzene rings is 2. The predicted octanol–water partition coefficient (Wildman–Crippen LogP) is 3.94. The Bertz CT molecular complexity index is 770. The van der Waals surface area contributed by atoms with Crippen LogP contribution in [0, 0.1) is 5.92 Å². The molecule has 0 saturated carbocycles. The maximum Gasteiger partial charge on any atom is 0.255 e. The van der Waals surface area contributed by atoms with Gasteiger partial charge in [0.25, 0.3) is 5.91 Å². The van der Waals surface area contributed by atoms with E-state index in [1.165, 1.54) is 0 Å². The van der Waals surface area contributed by atoms with Gasteiger partial charge in [-0.3, -0.25) is 9.59 Å². The number of amides is 2. The molecule has 0 atom stereocenters. The fourth-order valence-corrected chi connectivity index (χ4v) is 2.21. The summed E-state index contributed by atoms with van der Waals surface area (Å²) >= 11 is 0. The highest BCUT2D eigenvalue weighted by Gasteiger charge is 2.12. The number of nitrogens with one attached hydrogen (secondary N) is 2. The molecule has 2 amide bonds. The summed E-state index contributed by atoms with van der Waals surface area (Å²) in [5.74, 6) is 0.697. The average Bonchev–Trinajstić information content (AvgIpc) is 2.63. The maximum absolute atomic E-state index is 12.4. The summed E-state index contributed by atoms with van der Waals surface area (Å²) in [6.45, 7) is 6.00. The van der Waals surface area contributed by atoms with Gasteiger partial charge in [0.15, 0.2) is 11.5 Å². The molecule has 6 nitrogen and oxygen atoms in total. The molecule has 0 spiro atoms. The van der Waals surface area contributed by atoms with E-state index in [4.69, 9.17) is 9.47 Å². The van der Waals surface area contributed by atoms with Crippen molar-refractivity contribution in [3.05, 3.63) is 48.0 Å². The summed E-state index contributed by atoms with van der Waals surface area (Å²) in [5.41, 5.74) is 1.78. The first-order valence-electron chi connectivity index (χ1n) is 8.47. The average molecular weight is 356 g/mol. The Morgan fingerprint density at radius 3 is 2.12 bits per heavy atom. The van der Waals surface area contributed by atoms with Crippen LogP contribution in [0.3, 0.4) is 0 Å². The predicted molar refractivity (Wildman–Crippen MR) is 102 cm³/mol. The van der Waals surface area contributed by atoms with Gasteiger partial charge < -0.3 is 20.1 Å². The van der Waals surface area contributed by atoms with Crippen LogP contribution in [0.15, 0.2) is 42.5 Å². The largest absolute Gasteiger partial charge is 0.493 e. The first kappa shape index (κ1) is 19.3. The number of ether oxygens (including phenoxy) is 2. The number of hydrogen-bond donors (Lipinski definition) is 2. The molecule has 0 aliphatic heterocycles. The fourth-order valence-electron chi connectivity index (χ4n) is 2.21. The Kier molecular flexibility index (Phi) is 6.60. The summed E-state index contributed by atoms with van der Waals surface area (Å²) in [4.78, 5) is 24.1. The Balaban J connectivity index is 2.07. The third-order valence-corrected chi connectivity index (χ3v) is 3.66. The first-order chi connectivity index (χ1) is 12.4. The monoisotopic (exact) mass is 356 g/mol. The molecule has 0 aromatic heterocycles. The third-order valence-electron chi connectivity index (χ3n) is 3.66. The molecule has 0 aliphatic carbocycles. The molecule has 6 heteroatoms. The second-order valence-corrected chi connectivity index (χ2v) is 5.97. The first-order valence-corrected chi connectivity index (χ1v) is 8.47. The molecular formula is C20H24N2O4. The normalized spacial score (nSPS) is 10.3. The van der Waals surface area contributed by atoms with E-state index in [0.29, 0.717) is 35.0 Å². The highest BCUT2D eigenvalue weighted by Crippen LogP contribution is 2.28. The van der Waals surface area contributed by atoms with Crippen molar-refractivity contribution in [2.24, 2.45) is 5.92 Å². The fraction of sp³-hybridized carbons (Fsp3) is 0.300. The zero-order chi connectivity index (χ0) is 19.1. The number of rotatable bonds is 7. The van der Waals surface area contributed by atoms with Crippen molar-refractivity contribution in [3.63, 3.8) is 0 Å². The number of carbonyl (C=O) groups excluding carboxylic acids is 2. The molecule has 0 aliphatic rings. The summed E-state index contributed by atoms with van der Waals surface area (Å²) in [7, 11) is 1.55. The number of anilines is 2. The summed E-state index contributed by atoms with van der Waals surface area (Å²) in [5, 5.41) is 5.63. The summed E-state index contributed by atoms with van der Waals surface area (Å²) < 4.78 is 10.7. The minimum Gasteiger partial charge on any atom is -0.493 e. The van der Waals surface area contributed by atoms with E-state index in [0.717, 1.165) is 0 Å². The number of methoxy groups -OCH3 is 1. The van der Waals surface area contributed by atoms with Crippen LogP contribution < -0.4 is 20.1 Å². The Labute approximate surface area is 153 Å². The Morgan fingerprint density at radius 1 is 0.962 bits per heavy atom. The zero-order valence-electron chi connectivity index (χ0n) is 15.5. The second kappa shape index (κ2) is 8.89. The van der Waals surface area contributed by atoms with E-state index < -0.39 is 0 Å². The van der Waals surface area contributed by atoms with Gasteiger partial charge in [0.05, 0.1) is 13.7 Å². The molecule has 0 fully saturated rings. The van der Waals surface area contributed by atoms with Gasteiger partial charge in [0.1, 0.15) is 0 Å². The van der Waals surface area contributed by atoms with Crippen molar-refractivity contribution < 1.29 is 19.1 Å². The zero-order valence-corrected chi connectivity index (χ0v) is 15.5. The van der Waals surface area contributed by atoms with Crippen molar-refractivity contribution in [3.8, 4) is 11.5 Å². The molecule has 26 heavy (non-hydrogen) atoms. The van der Waals surface area contributed by atoms with Gasteiger partial charge in [-0.05, 0) is 49.4 Å². The lowest BCUT2D eigenvalue weighted by molar-refractivity contribution is -0.118. The summed E-state index contributed by atoms with van der Waals surface area (Å²) in [6.07, 6.45) is 0.